The first-order valence-corrected chi connectivity index (χ1v) is 8.22. The van der Waals surface area contributed by atoms with Crippen LogP contribution in [0.5, 0.6) is 0 Å². The van der Waals surface area contributed by atoms with Crippen LogP contribution in [0, 0.1) is 0 Å². The van der Waals surface area contributed by atoms with Crippen molar-refractivity contribution in [3.05, 3.63) is 107 Å². The predicted octanol–water partition coefficient (Wildman–Crippen LogP) is 5.33. The van der Waals surface area contributed by atoms with Crippen molar-refractivity contribution in [2.75, 3.05) is 0 Å². The second-order valence-corrected chi connectivity index (χ2v) is 6.15. The molecule has 1 heteroatoms. The van der Waals surface area contributed by atoms with Crippen LogP contribution in [0.15, 0.2) is 84.9 Å². The first-order valence-electron chi connectivity index (χ1n) is 8.22. The summed E-state index contributed by atoms with van der Waals surface area (Å²) in [5, 5.41) is 0. The molecule has 1 unspecified atom stereocenters. The zero-order chi connectivity index (χ0) is 16.5. The fourth-order valence-corrected chi connectivity index (χ4v) is 3.69. The van der Waals surface area contributed by atoms with Crippen molar-refractivity contribution in [1.82, 2.24) is 0 Å². The third-order valence-electron chi connectivity index (χ3n) is 4.65. The Morgan fingerprint density at radius 1 is 0.708 bits per heavy atom. The number of carbonyl (C=O) groups excluding carboxylic acids is 1. The van der Waals surface area contributed by atoms with Crippen LogP contribution in [0.3, 0.4) is 0 Å². The lowest BCUT2D eigenvalue weighted by molar-refractivity contribution is -0.117. The van der Waals surface area contributed by atoms with Crippen molar-refractivity contribution in [3.8, 4) is 0 Å². The van der Waals surface area contributed by atoms with Gasteiger partial charge in [-0.15, -0.1) is 0 Å². The minimum Gasteiger partial charge on any atom is -0.299 e. The van der Waals surface area contributed by atoms with E-state index in [0.29, 0.717) is 0 Å². The monoisotopic (exact) mass is 310 g/mol. The van der Waals surface area contributed by atoms with Gasteiger partial charge in [-0.3, -0.25) is 4.79 Å². The molecule has 0 N–H and O–H groups in total. The number of hydrogen-bond donors (Lipinski definition) is 0. The Morgan fingerprint density at radius 3 is 1.88 bits per heavy atom. The Bertz CT molecular complexity index is 921. The maximum absolute atomic E-state index is 12.5. The minimum atomic E-state index is -0.196. The van der Waals surface area contributed by atoms with Gasteiger partial charge in [0.05, 0.1) is 5.92 Å². The summed E-state index contributed by atoms with van der Waals surface area (Å²) in [4.78, 5) is 12.5. The topological polar surface area (TPSA) is 17.1 Å². The highest BCUT2D eigenvalue weighted by atomic mass is 16.1. The fourth-order valence-electron chi connectivity index (χ4n) is 3.69. The summed E-state index contributed by atoms with van der Waals surface area (Å²) in [6.45, 7) is 1.69. The molecule has 0 spiro atoms. The third kappa shape index (κ3) is 2.30. The quantitative estimate of drug-likeness (QED) is 0.639. The summed E-state index contributed by atoms with van der Waals surface area (Å²) in [7, 11) is 0. The van der Waals surface area contributed by atoms with Gasteiger partial charge in [0.25, 0.3) is 0 Å². The van der Waals surface area contributed by atoms with Crippen LogP contribution in [0.4, 0.5) is 0 Å². The number of fused-ring (bicyclic) bond motifs is 1. The molecule has 0 amide bonds. The Kier molecular flexibility index (Phi) is 3.62. The van der Waals surface area contributed by atoms with Crippen molar-refractivity contribution in [2.24, 2.45) is 0 Å². The third-order valence-corrected chi connectivity index (χ3v) is 4.65. The summed E-state index contributed by atoms with van der Waals surface area (Å²) in [6, 6.07) is 28.9. The molecule has 0 saturated heterocycles. The average Bonchev–Trinajstić information content (AvgIpc) is 2.98. The molecule has 1 aliphatic carbocycles. The van der Waals surface area contributed by atoms with E-state index in [4.69, 9.17) is 0 Å². The zero-order valence-electron chi connectivity index (χ0n) is 13.6. The van der Waals surface area contributed by atoms with Crippen molar-refractivity contribution in [3.63, 3.8) is 0 Å². The molecule has 116 valence electrons. The van der Waals surface area contributed by atoms with Gasteiger partial charge >= 0.3 is 0 Å². The molecule has 0 heterocycles. The van der Waals surface area contributed by atoms with Gasteiger partial charge in [-0.05, 0) is 40.3 Å². The molecule has 1 nitrogen and oxygen atoms in total. The van der Waals surface area contributed by atoms with Crippen LogP contribution in [0.1, 0.15) is 35.1 Å². The van der Waals surface area contributed by atoms with Gasteiger partial charge < -0.3 is 0 Å². The van der Waals surface area contributed by atoms with E-state index >= 15 is 0 Å². The number of hydrogen-bond acceptors (Lipinski definition) is 1. The highest BCUT2D eigenvalue weighted by Crippen LogP contribution is 2.49. The fraction of sp³-hybridized carbons (Fsp3) is 0.0870. The summed E-state index contributed by atoms with van der Waals surface area (Å²) in [5.74, 6) is -0.00830. The van der Waals surface area contributed by atoms with Crippen LogP contribution in [0.25, 0.3) is 11.1 Å². The van der Waals surface area contributed by atoms with Crippen LogP contribution in [-0.4, -0.2) is 5.78 Å². The molecule has 1 aliphatic rings. The minimum absolute atomic E-state index is 0.187. The maximum atomic E-state index is 12.5. The molecule has 0 bridgehead atoms. The summed E-state index contributed by atoms with van der Waals surface area (Å²) < 4.78 is 0. The van der Waals surface area contributed by atoms with Gasteiger partial charge in [-0.2, -0.15) is 0 Å². The molecule has 4 rings (SSSR count). The lowest BCUT2D eigenvalue weighted by atomic mass is 9.87. The molecule has 3 aromatic rings. The number of Topliss-reactive ketones (excluding diaryl/α,β-unsaturated/α-hetero) is 1. The summed E-state index contributed by atoms with van der Waals surface area (Å²) in [5.41, 5.74) is 6.86. The number of carbonyl (C=O) groups is 1. The molecule has 0 radical (unpaired) electrons. The number of rotatable bonds is 3. The lowest BCUT2D eigenvalue weighted by Crippen LogP contribution is -2.08. The van der Waals surface area contributed by atoms with Crippen LogP contribution >= 0.6 is 0 Å². The number of benzene rings is 3. The summed E-state index contributed by atoms with van der Waals surface area (Å²) in [6.07, 6.45) is 0. The summed E-state index contributed by atoms with van der Waals surface area (Å²) >= 11 is 0. The van der Waals surface area contributed by atoms with E-state index in [2.05, 4.69) is 48.5 Å². The van der Waals surface area contributed by atoms with Crippen molar-refractivity contribution in [2.45, 2.75) is 12.8 Å². The number of ketones is 1. The van der Waals surface area contributed by atoms with Gasteiger partial charge in [0.1, 0.15) is 5.78 Å². The predicted molar refractivity (Wildman–Crippen MR) is 98.7 cm³/mol. The molecule has 3 aromatic carbocycles. The smallest absolute Gasteiger partial charge is 0.141 e. The largest absolute Gasteiger partial charge is 0.299 e. The Balaban J connectivity index is 2.07. The van der Waals surface area contributed by atoms with Crippen molar-refractivity contribution < 1.29 is 4.79 Å². The van der Waals surface area contributed by atoms with E-state index in [1.807, 2.05) is 36.4 Å². The second kappa shape index (κ2) is 5.93. The van der Waals surface area contributed by atoms with E-state index in [1.165, 1.54) is 11.1 Å². The normalized spacial score (nSPS) is 16.1. The molecule has 0 aromatic heterocycles. The van der Waals surface area contributed by atoms with Crippen molar-refractivity contribution >= 4 is 16.9 Å². The van der Waals surface area contributed by atoms with Crippen LogP contribution in [-0.2, 0) is 4.79 Å². The molecule has 1 atom stereocenters. The van der Waals surface area contributed by atoms with Crippen LogP contribution < -0.4 is 0 Å². The highest BCUT2D eigenvalue weighted by molar-refractivity contribution is 6.14. The number of allylic oxidation sites excluding steroid dienone is 1. The molecular weight excluding hydrogens is 292 g/mol. The highest BCUT2D eigenvalue weighted by Gasteiger charge is 2.35. The average molecular weight is 310 g/mol. The molecule has 0 aliphatic heterocycles. The van der Waals surface area contributed by atoms with E-state index in [0.717, 1.165) is 22.3 Å². The first-order chi connectivity index (χ1) is 11.8. The molecule has 0 saturated carbocycles. The van der Waals surface area contributed by atoms with Crippen molar-refractivity contribution in [1.29, 1.82) is 0 Å². The SMILES string of the molecule is CC(=O)C1C(c2ccccc2)=C(c2ccccc2)c2ccccc21. The molecular formula is C23H18O. The first kappa shape index (κ1) is 14.6. The van der Waals surface area contributed by atoms with Gasteiger partial charge in [0.2, 0.25) is 0 Å². The van der Waals surface area contributed by atoms with Gasteiger partial charge in [0, 0.05) is 0 Å². The van der Waals surface area contributed by atoms with Gasteiger partial charge in [-0.25, -0.2) is 0 Å². The van der Waals surface area contributed by atoms with Crippen LogP contribution in [0.2, 0.25) is 0 Å². The van der Waals surface area contributed by atoms with E-state index in [9.17, 15) is 4.79 Å². The Labute approximate surface area is 142 Å². The molecule has 0 fully saturated rings. The van der Waals surface area contributed by atoms with E-state index in [1.54, 1.807) is 6.92 Å². The maximum Gasteiger partial charge on any atom is 0.141 e. The lowest BCUT2D eigenvalue weighted by Gasteiger charge is -2.15. The zero-order valence-corrected chi connectivity index (χ0v) is 13.6. The Hall–Kier alpha value is -2.93. The molecule has 24 heavy (non-hydrogen) atoms. The van der Waals surface area contributed by atoms with E-state index in [-0.39, 0.29) is 11.7 Å². The van der Waals surface area contributed by atoms with Gasteiger partial charge in [0.15, 0.2) is 0 Å². The standard InChI is InChI=1S/C23H18O/c1-16(24)21-19-14-8-9-15-20(19)22(17-10-4-2-5-11-17)23(21)18-12-6-3-7-13-18/h2-15,21H,1H3. The Morgan fingerprint density at radius 2 is 1.25 bits per heavy atom. The second-order valence-electron chi connectivity index (χ2n) is 6.15. The van der Waals surface area contributed by atoms with Gasteiger partial charge in [-0.1, -0.05) is 84.9 Å². The van der Waals surface area contributed by atoms with E-state index < -0.39 is 0 Å².